The SMILES string of the molecule is CCc1nn(CC)c(CSc2nnc(C)n2CCN)c1Br. The lowest BCUT2D eigenvalue weighted by molar-refractivity contribution is 0.621. The van der Waals surface area contributed by atoms with Crippen molar-refractivity contribution in [2.45, 2.75) is 51.2 Å². The average Bonchev–Trinajstić information content (AvgIpc) is 2.98. The predicted molar refractivity (Wildman–Crippen MR) is 88.4 cm³/mol. The molecule has 116 valence electrons. The quantitative estimate of drug-likeness (QED) is 0.755. The molecule has 2 heterocycles. The zero-order chi connectivity index (χ0) is 15.4. The number of hydrogen-bond acceptors (Lipinski definition) is 5. The Bertz CT molecular complexity index is 606. The molecule has 0 aliphatic rings. The lowest BCUT2D eigenvalue weighted by Gasteiger charge is -2.07. The topological polar surface area (TPSA) is 74.5 Å². The predicted octanol–water partition coefficient (Wildman–Crippen LogP) is 2.38. The smallest absolute Gasteiger partial charge is 0.191 e. The van der Waals surface area contributed by atoms with Crippen molar-refractivity contribution in [3.63, 3.8) is 0 Å². The molecule has 0 bridgehead atoms. The third kappa shape index (κ3) is 3.49. The fourth-order valence-electron chi connectivity index (χ4n) is 2.14. The molecule has 0 amide bonds. The Kier molecular flexibility index (Phi) is 5.83. The van der Waals surface area contributed by atoms with Crippen molar-refractivity contribution in [2.24, 2.45) is 5.73 Å². The summed E-state index contributed by atoms with van der Waals surface area (Å²) in [6, 6.07) is 0. The van der Waals surface area contributed by atoms with E-state index >= 15 is 0 Å². The summed E-state index contributed by atoms with van der Waals surface area (Å²) in [5.41, 5.74) is 7.95. The molecule has 0 saturated carbocycles. The number of nitrogens with zero attached hydrogens (tertiary/aromatic N) is 5. The molecular formula is C13H21BrN6S. The second-order valence-corrected chi connectivity index (χ2v) is 6.37. The van der Waals surface area contributed by atoms with Crippen molar-refractivity contribution >= 4 is 27.7 Å². The zero-order valence-electron chi connectivity index (χ0n) is 12.6. The minimum atomic E-state index is 0.586. The lowest BCUT2D eigenvalue weighted by atomic mass is 10.3. The molecule has 0 aliphatic carbocycles. The van der Waals surface area contributed by atoms with E-state index in [-0.39, 0.29) is 0 Å². The second-order valence-electron chi connectivity index (χ2n) is 4.64. The van der Waals surface area contributed by atoms with E-state index in [0.29, 0.717) is 6.54 Å². The van der Waals surface area contributed by atoms with Gasteiger partial charge >= 0.3 is 0 Å². The second kappa shape index (κ2) is 7.42. The highest BCUT2D eigenvalue weighted by atomic mass is 79.9. The summed E-state index contributed by atoms with van der Waals surface area (Å²) in [7, 11) is 0. The molecule has 0 atom stereocenters. The summed E-state index contributed by atoms with van der Waals surface area (Å²) >= 11 is 5.34. The highest BCUT2D eigenvalue weighted by Gasteiger charge is 2.16. The third-order valence-electron chi connectivity index (χ3n) is 3.29. The summed E-state index contributed by atoms with van der Waals surface area (Å²) in [4.78, 5) is 0. The van der Waals surface area contributed by atoms with Crippen molar-refractivity contribution < 1.29 is 0 Å². The zero-order valence-corrected chi connectivity index (χ0v) is 15.0. The maximum Gasteiger partial charge on any atom is 0.191 e. The van der Waals surface area contributed by atoms with Gasteiger partial charge < -0.3 is 10.3 Å². The Hall–Kier alpha value is -0.860. The van der Waals surface area contributed by atoms with Crippen LogP contribution in [0.1, 0.15) is 31.1 Å². The number of thioether (sulfide) groups is 1. The molecule has 2 aromatic rings. The summed E-state index contributed by atoms with van der Waals surface area (Å²) in [5.74, 6) is 1.71. The first-order valence-corrected chi connectivity index (χ1v) is 8.86. The fraction of sp³-hybridized carbons (Fsp3) is 0.615. The standard InChI is InChI=1S/C13H21BrN6S/c1-4-10-12(14)11(20(5-2)18-10)8-21-13-17-16-9(3)19(13)7-6-15/h4-8,15H2,1-3H3. The molecule has 6 nitrogen and oxygen atoms in total. The first-order chi connectivity index (χ1) is 10.1. The van der Waals surface area contributed by atoms with Gasteiger partial charge in [0.1, 0.15) is 5.82 Å². The average molecular weight is 373 g/mol. The molecule has 0 aliphatic heterocycles. The van der Waals surface area contributed by atoms with Gasteiger partial charge in [-0.2, -0.15) is 5.10 Å². The van der Waals surface area contributed by atoms with E-state index in [1.165, 1.54) is 5.69 Å². The van der Waals surface area contributed by atoms with Crippen molar-refractivity contribution in [1.29, 1.82) is 0 Å². The largest absolute Gasteiger partial charge is 0.329 e. The van der Waals surface area contributed by atoms with E-state index in [4.69, 9.17) is 5.73 Å². The van der Waals surface area contributed by atoms with Crippen LogP contribution in [-0.4, -0.2) is 31.1 Å². The molecule has 0 radical (unpaired) electrons. The minimum Gasteiger partial charge on any atom is -0.329 e. The number of rotatable bonds is 7. The van der Waals surface area contributed by atoms with E-state index in [0.717, 1.165) is 46.4 Å². The number of nitrogens with two attached hydrogens (primary N) is 1. The molecule has 2 N–H and O–H groups in total. The van der Waals surface area contributed by atoms with Crippen molar-refractivity contribution in [2.75, 3.05) is 6.54 Å². The summed E-state index contributed by atoms with van der Waals surface area (Å²) in [6.45, 7) is 8.37. The van der Waals surface area contributed by atoms with E-state index in [1.54, 1.807) is 11.8 Å². The molecule has 2 rings (SSSR count). The van der Waals surface area contributed by atoms with Crippen LogP contribution < -0.4 is 5.73 Å². The van der Waals surface area contributed by atoms with Crippen molar-refractivity contribution in [1.82, 2.24) is 24.5 Å². The van der Waals surface area contributed by atoms with E-state index in [2.05, 4.69) is 49.6 Å². The van der Waals surface area contributed by atoms with Gasteiger partial charge in [-0.15, -0.1) is 10.2 Å². The van der Waals surface area contributed by atoms with Gasteiger partial charge in [-0.25, -0.2) is 0 Å². The first kappa shape index (κ1) is 16.5. The Labute approximate surface area is 137 Å². The van der Waals surface area contributed by atoms with Crippen LogP contribution in [0.5, 0.6) is 0 Å². The van der Waals surface area contributed by atoms with Crippen LogP contribution >= 0.6 is 27.7 Å². The van der Waals surface area contributed by atoms with Crippen LogP contribution in [0.2, 0.25) is 0 Å². The summed E-state index contributed by atoms with van der Waals surface area (Å²) < 4.78 is 5.22. The Morgan fingerprint density at radius 1 is 1.29 bits per heavy atom. The van der Waals surface area contributed by atoms with Crippen LogP contribution in [0, 0.1) is 6.92 Å². The maximum absolute atomic E-state index is 5.65. The number of aryl methyl sites for hydroxylation is 3. The number of halogens is 1. The summed E-state index contributed by atoms with van der Waals surface area (Å²) in [6.07, 6.45) is 0.924. The van der Waals surface area contributed by atoms with Crippen LogP contribution in [0.4, 0.5) is 0 Å². The number of aromatic nitrogens is 5. The van der Waals surface area contributed by atoms with Gasteiger partial charge in [0.05, 0.1) is 15.9 Å². The van der Waals surface area contributed by atoms with Gasteiger partial charge in [-0.1, -0.05) is 18.7 Å². The Morgan fingerprint density at radius 2 is 2.05 bits per heavy atom. The molecule has 0 saturated heterocycles. The highest BCUT2D eigenvalue weighted by Crippen LogP contribution is 2.29. The number of hydrogen-bond donors (Lipinski definition) is 1. The molecule has 0 fully saturated rings. The molecule has 21 heavy (non-hydrogen) atoms. The monoisotopic (exact) mass is 372 g/mol. The third-order valence-corrected chi connectivity index (χ3v) is 5.18. The first-order valence-electron chi connectivity index (χ1n) is 7.09. The normalized spacial score (nSPS) is 11.3. The Morgan fingerprint density at radius 3 is 2.67 bits per heavy atom. The fourth-order valence-corrected chi connectivity index (χ4v) is 4.07. The molecule has 8 heteroatoms. The summed E-state index contributed by atoms with van der Waals surface area (Å²) in [5, 5.41) is 13.9. The lowest BCUT2D eigenvalue weighted by Crippen LogP contribution is -2.12. The van der Waals surface area contributed by atoms with E-state index < -0.39 is 0 Å². The van der Waals surface area contributed by atoms with Gasteiger partial charge in [0, 0.05) is 25.4 Å². The van der Waals surface area contributed by atoms with Crippen LogP contribution in [0.25, 0.3) is 0 Å². The van der Waals surface area contributed by atoms with Crippen molar-refractivity contribution in [3.8, 4) is 0 Å². The Balaban J connectivity index is 2.18. The van der Waals surface area contributed by atoms with Gasteiger partial charge in [0.2, 0.25) is 0 Å². The molecule has 2 aromatic heterocycles. The highest BCUT2D eigenvalue weighted by molar-refractivity contribution is 9.10. The van der Waals surface area contributed by atoms with Gasteiger partial charge in [-0.3, -0.25) is 4.68 Å². The van der Waals surface area contributed by atoms with Crippen LogP contribution in [0.3, 0.4) is 0 Å². The van der Waals surface area contributed by atoms with Crippen LogP contribution in [0.15, 0.2) is 9.63 Å². The van der Waals surface area contributed by atoms with Gasteiger partial charge in [0.15, 0.2) is 5.16 Å². The van der Waals surface area contributed by atoms with Crippen molar-refractivity contribution in [3.05, 3.63) is 21.7 Å². The maximum atomic E-state index is 5.65. The minimum absolute atomic E-state index is 0.586. The van der Waals surface area contributed by atoms with Crippen LogP contribution in [-0.2, 0) is 25.3 Å². The van der Waals surface area contributed by atoms with Gasteiger partial charge in [-0.05, 0) is 36.2 Å². The van der Waals surface area contributed by atoms with Gasteiger partial charge in [0.25, 0.3) is 0 Å². The molecule has 0 spiro atoms. The molecule has 0 unspecified atom stereocenters. The van der Waals surface area contributed by atoms with E-state index in [1.807, 2.05) is 11.6 Å². The molecule has 0 aromatic carbocycles. The van der Waals surface area contributed by atoms with E-state index in [9.17, 15) is 0 Å². The molecular weight excluding hydrogens is 352 g/mol.